The molecule has 4 heterocycles. The Bertz CT molecular complexity index is 923. The van der Waals surface area contributed by atoms with E-state index in [1.807, 2.05) is 13.0 Å². The van der Waals surface area contributed by atoms with E-state index in [1.54, 1.807) is 10.6 Å². The average Bonchev–Trinajstić information content (AvgIpc) is 3.23. The van der Waals surface area contributed by atoms with Crippen LogP contribution in [-0.2, 0) is 0 Å². The molecule has 1 atom stereocenters. The molecule has 0 amide bonds. The van der Waals surface area contributed by atoms with Crippen molar-refractivity contribution in [2.24, 2.45) is 0 Å². The van der Waals surface area contributed by atoms with Gasteiger partial charge >= 0.3 is 0 Å². The number of aromatic nitrogens is 5. The highest BCUT2D eigenvalue weighted by Crippen LogP contribution is 2.23. The molecule has 4 rings (SSSR count). The highest BCUT2D eigenvalue weighted by atomic mass is 16.6. The molecule has 1 fully saturated rings. The molecule has 0 unspecified atom stereocenters. The summed E-state index contributed by atoms with van der Waals surface area (Å²) in [6, 6.07) is 5.27. The summed E-state index contributed by atoms with van der Waals surface area (Å²) in [5.41, 5.74) is 0.878. The van der Waals surface area contributed by atoms with Crippen LogP contribution in [0.2, 0.25) is 0 Å². The standard InChI is InChI=1S/C15H16N8O2/c1-10-6-14(22-15(19-10)17-9-18-22)21-5-4-11(8-21)20-13-3-2-12(7-16-13)23(24)25/h2-3,6-7,9,11H,4-5,8H2,1H3,(H,16,20)/t11-/m1/s1. The van der Waals surface area contributed by atoms with Gasteiger partial charge in [-0.2, -0.15) is 14.6 Å². The van der Waals surface area contributed by atoms with Crippen LogP contribution in [0, 0.1) is 17.0 Å². The quantitative estimate of drug-likeness (QED) is 0.560. The molecular formula is C15H16N8O2. The molecule has 1 aliphatic heterocycles. The first-order valence-electron chi connectivity index (χ1n) is 7.89. The zero-order valence-corrected chi connectivity index (χ0v) is 13.5. The van der Waals surface area contributed by atoms with Gasteiger partial charge in [0.15, 0.2) is 0 Å². The Hall–Kier alpha value is -3.30. The summed E-state index contributed by atoms with van der Waals surface area (Å²) in [5.74, 6) is 2.18. The van der Waals surface area contributed by atoms with Gasteiger partial charge in [0, 0.05) is 37.0 Å². The Morgan fingerprint density at radius 1 is 1.36 bits per heavy atom. The predicted molar refractivity (Wildman–Crippen MR) is 90.7 cm³/mol. The van der Waals surface area contributed by atoms with Crippen LogP contribution in [0.15, 0.2) is 30.7 Å². The van der Waals surface area contributed by atoms with Gasteiger partial charge in [0.25, 0.3) is 11.5 Å². The predicted octanol–water partition coefficient (Wildman–Crippen LogP) is 1.43. The lowest BCUT2D eigenvalue weighted by Crippen LogP contribution is -2.28. The SMILES string of the molecule is Cc1cc(N2CC[C@@H](Nc3ccc([N+](=O)[O-])cn3)C2)n2ncnc2n1. The maximum atomic E-state index is 10.7. The number of rotatable bonds is 4. The number of nitrogens with one attached hydrogen (secondary N) is 1. The zero-order valence-electron chi connectivity index (χ0n) is 13.5. The molecule has 1 aliphatic rings. The number of nitro groups is 1. The molecule has 10 heteroatoms. The third-order valence-corrected chi connectivity index (χ3v) is 4.18. The maximum Gasteiger partial charge on any atom is 0.287 e. The van der Waals surface area contributed by atoms with Gasteiger partial charge in [-0.15, -0.1) is 0 Å². The van der Waals surface area contributed by atoms with Crippen molar-refractivity contribution in [3.63, 3.8) is 0 Å². The van der Waals surface area contributed by atoms with Gasteiger partial charge in [0.05, 0.1) is 4.92 Å². The van der Waals surface area contributed by atoms with Crippen LogP contribution in [0.4, 0.5) is 17.3 Å². The number of nitrogens with zero attached hydrogens (tertiary/aromatic N) is 7. The molecule has 0 aromatic carbocycles. The van der Waals surface area contributed by atoms with Gasteiger partial charge < -0.3 is 10.2 Å². The topological polar surface area (TPSA) is 114 Å². The van der Waals surface area contributed by atoms with E-state index in [2.05, 4.69) is 30.3 Å². The lowest BCUT2D eigenvalue weighted by atomic mass is 10.2. The van der Waals surface area contributed by atoms with Gasteiger partial charge in [0.2, 0.25) is 0 Å². The molecule has 0 saturated carbocycles. The summed E-state index contributed by atoms with van der Waals surface area (Å²) < 4.78 is 1.74. The number of hydrogen-bond acceptors (Lipinski definition) is 8. The number of aryl methyl sites for hydroxylation is 1. The number of pyridine rings is 1. The molecule has 1 saturated heterocycles. The summed E-state index contributed by atoms with van der Waals surface area (Å²) >= 11 is 0. The van der Waals surface area contributed by atoms with E-state index >= 15 is 0 Å². The van der Waals surface area contributed by atoms with E-state index in [-0.39, 0.29) is 11.7 Å². The van der Waals surface area contributed by atoms with Crippen molar-refractivity contribution < 1.29 is 4.92 Å². The Morgan fingerprint density at radius 2 is 2.24 bits per heavy atom. The molecule has 3 aromatic heterocycles. The van der Waals surface area contributed by atoms with E-state index < -0.39 is 4.92 Å². The van der Waals surface area contributed by atoms with Crippen LogP contribution in [0.25, 0.3) is 5.78 Å². The van der Waals surface area contributed by atoms with Crippen molar-refractivity contribution in [3.05, 3.63) is 46.5 Å². The molecular weight excluding hydrogens is 324 g/mol. The van der Waals surface area contributed by atoms with Crippen LogP contribution in [0.1, 0.15) is 12.1 Å². The molecule has 0 aliphatic carbocycles. The summed E-state index contributed by atoms with van der Waals surface area (Å²) in [4.78, 5) is 25.1. The van der Waals surface area contributed by atoms with Gasteiger partial charge in [-0.25, -0.2) is 9.97 Å². The summed E-state index contributed by atoms with van der Waals surface area (Å²) in [7, 11) is 0. The normalized spacial score (nSPS) is 17.2. The Labute approximate surface area is 142 Å². The number of hydrogen-bond donors (Lipinski definition) is 1. The molecule has 10 nitrogen and oxygen atoms in total. The second-order valence-electron chi connectivity index (χ2n) is 5.96. The fourth-order valence-corrected chi connectivity index (χ4v) is 3.01. The molecule has 1 N–H and O–H groups in total. The van der Waals surface area contributed by atoms with Crippen LogP contribution >= 0.6 is 0 Å². The molecule has 0 bridgehead atoms. The van der Waals surface area contributed by atoms with Crippen LogP contribution in [-0.4, -0.2) is 48.6 Å². The fourth-order valence-electron chi connectivity index (χ4n) is 3.01. The van der Waals surface area contributed by atoms with Crippen molar-refractivity contribution in [1.29, 1.82) is 0 Å². The van der Waals surface area contributed by atoms with Crippen molar-refractivity contribution in [1.82, 2.24) is 24.6 Å². The minimum absolute atomic E-state index is 0.0144. The van der Waals surface area contributed by atoms with Crippen LogP contribution in [0.5, 0.6) is 0 Å². The van der Waals surface area contributed by atoms with Crippen LogP contribution in [0.3, 0.4) is 0 Å². The molecule has 0 radical (unpaired) electrons. The second-order valence-corrected chi connectivity index (χ2v) is 5.96. The Kier molecular flexibility index (Phi) is 3.64. The third-order valence-electron chi connectivity index (χ3n) is 4.18. The minimum Gasteiger partial charge on any atom is -0.365 e. The zero-order chi connectivity index (χ0) is 17.4. The van der Waals surface area contributed by atoms with E-state index in [1.165, 1.54) is 18.6 Å². The molecule has 25 heavy (non-hydrogen) atoms. The molecule has 128 valence electrons. The Balaban J connectivity index is 1.49. The first-order chi connectivity index (χ1) is 12.1. The monoisotopic (exact) mass is 340 g/mol. The Morgan fingerprint density at radius 3 is 3.00 bits per heavy atom. The minimum atomic E-state index is -0.455. The summed E-state index contributed by atoms with van der Waals surface area (Å²) in [5, 5.41) is 18.3. The fraction of sp³-hybridized carbons (Fsp3) is 0.333. The largest absolute Gasteiger partial charge is 0.365 e. The van der Waals surface area contributed by atoms with Crippen molar-refractivity contribution in [2.75, 3.05) is 23.3 Å². The summed E-state index contributed by atoms with van der Waals surface area (Å²) in [6.07, 6.45) is 3.69. The average molecular weight is 340 g/mol. The van der Waals surface area contributed by atoms with Crippen molar-refractivity contribution in [3.8, 4) is 0 Å². The molecule has 3 aromatic rings. The first kappa shape index (κ1) is 15.2. The lowest BCUT2D eigenvalue weighted by Gasteiger charge is -2.20. The van der Waals surface area contributed by atoms with Crippen molar-refractivity contribution >= 4 is 23.1 Å². The van der Waals surface area contributed by atoms with E-state index in [9.17, 15) is 10.1 Å². The first-order valence-corrected chi connectivity index (χ1v) is 7.89. The summed E-state index contributed by atoms with van der Waals surface area (Å²) in [6.45, 7) is 3.57. The lowest BCUT2D eigenvalue weighted by molar-refractivity contribution is -0.385. The van der Waals surface area contributed by atoms with Gasteiger partial charge in [0.1, 0.15) is 24.2 Å². The van der Waals surface area contributed by atoms with Crippen LogP contribution < -0.4 is 10.2 Å². The number of fused-ring (bicyclic) bond motifs is 1. The molecule has 0 spiro atoms. The highest BCUT2D eigenvalue weighted by molar-refractivity contribution is 5.49. The maximum absolute atomic E-state index is 10.7. The van der Waals surface area contributed by atoms with E-state index in [0.717, 1.165) is 31.0 Å². The van der Waals surface area contributed by atoms with Gasteiger partial charge in [-0.05, 0) is 19.4 Å². The number of anilines is 2. The van der Waals surface area contributed by atoms with Gasteiger partial charge in [-0.3, -0.25) is 10.1 Å². The second kappa shape index (κ2) is 5.96. The van der Waals surface area contributed by atoms with E-state index in [0.29, 0.717) is 11.6 Å². The van der Waals surface area contributed by atoms with E-state index in [4.69, 9.17) is 0 Å². The highest BCUT2D eigenvalue weighted by Gasteiger charge is 2.25. The smallest absolute Gasteiger partial charge is 0.287 e. The van der Waals surface area contributed by atoms with Crippen molar-refractivity contribution in [2.45, 2.75) is 19.4 Å². The third kappa shape index (κ3) is 2.93. The van der Waals surface area contributed by atoms with Gasteiger partial charge in [-0.1, -0.05) is 0 Å².